The van der Waals surface area contributed by atoms with Crippen molar-refractivity contribution in [1.29, 1.82) is 0 Å². The largest absolute Gasteiger partial charge is 0.372 e. The van der Waals surface area contributed by atoms with Crippen molar-refractivity contribution in [2.24, 2.45) is 11.8 Å². The zero-order valence-corrected chi connectivity index (χ0v) is 16.3. The van der Waals surface area contributed by atoms with Crippen LogP contribution in [0.3, 0.4) is 0 Å². The van der Waals surface area contributed by atoms with Gasteiger partial charge in [-0.15, -0.1) is 0 Å². The standard InChI is InChI=1S/C20H31N3O2/c1-7-23(8-2)14-9-10-17(13(3)11-14)21-18(24)15-12-16(15)19(25)22-20(4,5)6/h9-11,15-16H,7-8,12H2,1-6H3,(H,21,24)(H,22,25). The number of benzene rings is 1. The van der Waals surface area contributed by atoms with Crippen molar-refractivity contribution in [3.8, 4) is 0 Å². The van der Waals surface area contributed by atoms with E-state index in [-0.39, 0.29) is 29.2 Å². The maximum Gasteiger partial charge on any atom is 0.228 e. The van der Waals surface area contributed by atoms with Crippen molar-refractivity contribution in [2.45, 2.75) is 53.5 Å². The monoisotopic (exact) mass is 345 g/mol. The Balaban J connectivity index is 1.97. The van der Waals surface area contributed by atoms with Gasteiger partial charge in [0.15, 0.2) is 0 Å². The van der Waals surface area contributed by atoms with E-state index in [2.05, 4.69) is 35.4 Å². The summed E-state index contributed by atoms with van der Waals surface area (Å²) >= 11 is 0. The number of hydrogen-bond donors (Lipinski definition) is 2. The van der Waals surface area contributed by atoms with Crippen LogP contribution in [-0.4, -0.2) is 30.4 Å². The molecule has 1 aliphatic carbocycles. The van der Waals surface area contributed by atoms with Crippen molar-refractivity contribution >= 4 is 23.2 Å². The molecule has 25 heavy (non-hydrogen) atoms. The fourth-order valence-electron chi connectivity index (χ4n) is 3.04. The van der Waals surface area contributed by atoms with Gasteiger partial charge < -0.3 is 15.5 Å². The third-order valence-electron chi connectivity index (χ3n) is 4.56. The second kappa shape index (κ2) is 7.46. The third kappa shape index (κ3) is 4.97. The molecule has 2 amide bonds. The van der Waals surface area contributed by atoms with Crippen LogP contribution in [0.2, 0.25) is 0 Å². The minimum atomic E-state index is -0.266. The lowest BCUT2D eigenvalue weighted by Gasteiger charge is -2.22. The molecule has 2 atom stereocenters. The maximum absolute atomic E-state index is 12.4. The van der Waals surface area contributed by atoms with Crippen molar-refractivity contribution in [1.82, 2.24) is 5.32 Å². The number of carbonyl (C=O) groups excluding carboxylic acids is 2. The van der Waals surface area contributed by atoms with E-state index in [4.69, 9.17) is 0 Å². The summed E-state index contributed by atoms with van der Waals surface area (Å²) in [4.78, 5) is 26.9. The molecule has 138 valence electrons. The zero-order valence-electron chi connectivity index (χ0n) is 16.3. The van der Waals surface area contributed by atoms with E-state index in [0.29, 0.717) is 6.42 Å². The molecule has 1 saturated carbocycles. The number of hydrogen-bond acceptors (Lipinski definition) is 3. The molecule has 5 nitrogen and oxygen atoms in total. The van der Waals surface area contributed by atoms with Crippen LogP contribution in [0, 0.1) is 18.8 Å². The number of nitrogens with zero attached hydrogens (tertiary/aromatic N) is 1. The van der Waals surface area contributed by atoms with E-state index in [1.54, 1.807) is 0 Å². The summed E-state index contributed by atoms with van der Waals surface area (Å²) in [6, 6.07) is 6.08. The Morgan fingerprint density at radius 2 is 1.72 bits per heavy atom. The Bertz CT molecular complexity index is 645. The summed E-state index contributed by atoms with van der Waals surface area (Å²) in [6.07, 6.45) is 0.629. The quantitative estimate of drug-likeness (QED) is 0.831. The first-order chi connectivity index (χ1) is 11.7. The zero-order chi connectivity index (χ0) is 18.8. The normalized spacial score (nSPS) is 19.3. The first kappa shape index (κ1) is 19.3. The molecule has 0 bridgehead atoms. The Labute approximate surface area is 151 Å². The number of nitrogens with one attached hydrogen (secondary N) is 2. The average molecular weight is 345 g/mol. The van der Waals surface area contributed by atoms with E-state index in [9.17, 15) is 9.59 Å². The van der Waals surface area contributed by atoms with Crippen LogP contribution in [0.1, 0.15) is 46.6 Å². The molecule has 1 fully saturated rings. The number of aryl methyl sites for hydroxylation is 1. The first-order valence-electron chi connectivity index (χ1n) is 9.14. The molecule has 1 aromatic rings. The Morgan fingerprint density at radius 1 is 1.12 bits per heavy atom. The molecule has 0 radical (unpaired) electrons. The first-order valence-corrected chi connectivity index (χ1v) is 9.14. The minimum Gasteiger partial charge on any atom is -0.372 e. The Morgan fingerprint density at radius 3 is 2.24 bits per heavy atom. The highest BCUT2D eigenvalue weighted by Crippen LogP contribution is 2.40. The number of amides is 2. The Kier molecular flexibility index (Phi) is 5.76. The summed E-state index contributed by atoms with van der Waals surface area (Å²) in [5, 5.41) is 5.93. The molecule has 0 aliphatic heterocycles. The molecular formula is C20H31N3O2. The van der Waals surface area contributed by atoms with Crippen LogP contribution in [0.15, 0.2) is 18.2 Å². The topological polar surface area (TPSA) is 61.4 Å². The highest BCUT2D eigenvalue weighted by Gasteiger charge is 2.48. The van der Waals surface area contributed by atoms with Crippen LogP contribution in [-0.2, 0) is 9.59 Å². The summed E-state index contributed by atoms with van der Waals surface area (Å²) in [5.41, 5.74) is 2.75. The molecule has 1 aromatic carbocycles. The van der Waals surface area contributed by atoms with Crippen LogP contribution in [0.25, 0.3) is 0 Å². The van der Waals surface area contributed by atoms with Gasteiger partial charge in [0.05, 0.1) is 11.8 Å². The van der Waals surface area contributed by atoms with Crippen LogP contribution < -0.4 is 15.5 Å². The fourth-order valence-corrected chi connectivity index (χ4v) is 3.04. The lowest BCUT2D eigenvalue weighted by molar-refractivity contribution is -0.126. The van der Waals surface area contributed by atoms with E-state index in [1.807, 2.05) is 39.8 Å². The van der Waals surface area contributed by atoms with E-state index in [1.165, 1.54) is 0 Å². The predicted octanol–water partition coefficient (Wildman–Crippen LogP) is 3.33. The molecule has 0 heterocycles. The van der Waals surface area contributed by atoms with Gasteiger partial charge in [-0.1, -0.05) is 0 Å². The van der Waals surface area contributed by atoms with Gasteiger partial charge in [-0.2, -0.15) is 0 Å². The molecule has 0 spiro atoms. The molecule has 0 aromatic heterocycles. The lowest BCUT2D eigenvalue weighted by Crippen LogP contribution is -2.42. The fraction of sp³-hybridized carbons (Fsp3) is 0.600. The molecule has 2 unspecified atom stereocenters. The van der Waals surface area contributed by atoms with Crippen molar-refractivity contribution in [2.75, 3.05) is 23.3 Å². The SMILES string of the molecule is CCN(CC)c1ccc(NC(=O)C2CC2C(=O)NC(C)(C)C)c(C)c1. The van der Waals surface area contributed by atoms with E-state index >= 15 is 0 Å². The molecule has 5 heteroatoms. The maximum atomic E-state index is 12.4. The highest BCUT2D eigenvalue weighted by atomic mass is 16.2. The van der Waals surface area contributed by atoms with Crippen molar-refractivity contribution in [3.63, 3.8) is 0 Å². The molecule has 2 rings (SSSR count). The van der Waals surface area contributed by atoms with Crippen LogP contribution in [0.4, 0.5) is 11.4 Å². The van der Waals surface area contributed by atoms with E-state index in [0.717, 1.165) is 30.0 Å². The molecule has 0 saturated heterocycles. The van der Waals surface area contributed by atoms with Crippen molar-refractivity contribution < 1.29 is 9.59 Å². The van der Waals surface area contributed by atoms with Gasteiger partial charge in [0.25, 0.3) is 0 Å². The van der Waals surface area contributed by atoms with E-state index < -0.39 is 0 Å². The Hall–Kier alpha value is -2.04. The highest BCUT2D eigenvalue weighted by molar-refractivity contribution is 6.00. The van der Waals surface area contributed by atoms with Gasteiger partial charge >= 0.3 is 0 Å². The lowest BCUT2D eigenvalue weighted by atomic mass is 10.1. The van der Waals surface area contributed by atoms with Gasteiger partial charge in [0.2, 0.25) is 11.8 Å². The second-order valence-electron chi connectivity index (χ2n) is 7.85. The molecule has 2 N–H and O–H groups in total. The summed E-state index contributed by atoms with van der Waals surface area (Å²) in [5.74, 6) is -0.507. The van der Waals surface area contributed by atoms with Gasteiger partial charge in [0, 0.05) is 30.0 Å². The van der Waals surface area contributed by atoms with Gasteiger partial charge in [0.1, 0.15) is 0 Å². The van der Waals surface area contributed by atoms with Gasteiger partial charge in [-0.25, -0.2) is 0 Å². The number of carbonyl (C=O) groups is 2. The summed E-state index contributed by atoms with van der Waals surface area (Å²) in [6.45, 7) is 14.0. The summed E-state index contributed by atoms with van der Waals surface area (Å²) in [7, 11) is 0. The number of rotatable bonds is 6. The average Bonchev–Trinajstić information content (AvgIpc) is 3.30. The van der Waals surface area contributed by atoms with Gasteiger partial charge in [-0.05, 0) is 71.7 Å². The van der Waals surface area contributed by atoms with Crippen LogP contribution in [0.5, 0.6) is 0 Å². The smallest absolute Gasteiger partial charge is 0.228 e. The molecule has 1 aliphatic rings. The second-order valence-corrected chi connectivity index (χ2v) is 7.85. The van der Waals surface area contributed by atoms with Crippen molar-refractivity contribution in [3.05, 3.63) is 23.8 Å². The molecular weight excluding hydrogens is 314 g/mol. The van der Waals surface area contributed by atoms with Gasteiger partial charge in [-0.3, -0.25) is 9.59 Å². The summed E-state index contributed by atoms with van der Waals surface area (Å²) < 4.78 is 0. The third-order valence-corrected chi connectivity index (χ3v) is 4.56. The van der Waals surface area contributed by atoms with Crippen LogP contribution >= 0.6 is 0 Å². The number of anilines is 2. The minimum absolute atomic E-state index is 0.0266. The predicted molar refractivity (Wildman–Crippen MR) is 103 cm³/mol.